The van der Waals surface area contributed by atoms with Crippen LogP contribution in [0.3, 0.4) is 0 Å². The first-order valence-corrected chi connectivity index (χ1v) is 8.63. The third-order valence-corrected chi connectivity index (χ3v) is 5.43. The molecule has 130 valence electrons. The minimum absolute atomic E-state index is 0.0397. The highest BCUT2D eigenvalue weighted by Crippen LogP contribution is 2.47. The van der Waals surface area contributed by atoms with Crippen LogP contribution in [-0.2, 0) is 4.79 Å². The summed E-state index contributed by atoms with van der Waals surface area (Å²) < 4.78 is 13.6. The predicted molar refractivity (Wildman–Crippen MR) is 94.6 cm³/mol. The fraction of sp³-hybridized carbons (Fsp3) is 0.350. The first-order valence-electron chi connectivity index (χ1n) is 8.63. The number of hydrogen-bond acceptors (Lipinski definition) is 3. The van der Waals surface area contributed by atoms with Gasteiger partial charge in [0.2, 0.25) is 5.91 Å². The molecule has 0 aliphatic carbocycles. The number of fused-ring (bicyclic) bond motifs is 3. The van der Waals surface area contributed by atoms with Gasteiger partial charge in [-0.2, -0.15) is 0 Å². The summed E-state index contributed by atoms with van der Waals surface area (Å²) in [4.78, 5) is 14.0. The van der Waals surface area contributed by atoms with Crippen molar-refractivity contribution in [3.63, 3.8) is 0 Å². The van der Waals surface area contributed by atoms with E-state index in [0.717, 1.165) is 28.8 Å². The normalized spacial score (nSPS) is 24.4. The number of amides is 1. The van der Waals surface area contributed by atoms with Crippen molar-refractivity contribution in [2.75, 3.05) is 18.5 Å². The fourth-order valence-electron chi connectivity index (χ4n) is 4.26. The second-order valence-electron chi connectivity index (χ2n) is 6.86. The maximum Gasteiger partial charge on any atom is 0.219 e. The van der Waals surface area contributed by atoms with E-state index in [1.807, 2.05) is 29.2 Å². The molecule has 0 spiro atoms. The number of carbonyl (C=O) groups is 1. The van der Waals surface area contributed by atoms with E-state index < -0.39 is 0 Å². The number of aliphatic hydroxyl groups excluding tert-OH is 1. The van der Waals surface area contributed by atoms with E-state index in [9.17, 15) is 14.3 Å². The first-order chi connectivity index (χ1) is 12.1. The summed E-state index contributed by atoms with van der Waals surface area (Å²) in [6, 6.07) is 12.4. The monoisotopic (exact) mass is 340 g/mol. The Kier molecular flexibility index (Phi) is 3.96. The van der Waals surface area contributed by atoms with E-state index in [2.05, 4.69) is 5.32 Å². The average molecular weight is 340 g/mol. The van der Waals surface area contributed by atoms with E-state index in [-0.39, 0.29) is 36.3 Å². The summed E-state index contributed by atoms with van der Waals surface area (Å²) in [5, 5.41) is 13.1. The van der Waals surface area contributed by atoms with E-state index in [1.54, 1.807) is 13.0 Å². The zero-order valence-corrected chi connectivity index (χ0v) is 14.1. The van der Waals surface area contributed by atoms with Gasteiger partial charge < -0.3 is 15.3 Å². The number of nitrogens with zero attached hydrogens (tertiary/aromatic N) is 1. The molecule has 0 saturated carbocycles. The van der Waals surface area contributed by atoms with Gasteiger partial charge in [0, 0.05) is 25.1 Å². The van der Waals surface area contributed by atoms with Crippen LogP contribution in [0.2, 0.25) is 0 Å². The lowest BCUT2D eigenvalue weighted by Gasteiger charge is -2.39. The van der Waals surface area contributed by atoms with Crippen molar-refractivity contribution in [1.82, 2.24) is 4.90 Å². The van der Waals surface area contributed by atoms with Crippen molar-refractivity contribution >= 4 is 11.6 Å². The third kappa shape index (κ3) is 2.68. The first kappa shape index (κ1) is 16.1. The van der Waals surface area contributed by atoms with E-state index in [1.165, 1.54) is 12.1 Å². The molecule has 1 fully saturated rings. The molecule has 2 aliphatic heterocycles. The molecule has 2 aliphatic rings. The molecule has 2 aromatic carbocycles. The second kappa shape index (κ2) is 6.15. The Hall–Kier alpha value is -2.40. The van der Waals surface area contributed by atoms with Crippen LogP contribution >= 0.6 is 0 Å². The number of nitrogens with one attached hydrogen (secondary N) is 1. The molecule has 0 radical (unpaired) electrons. The summed E-state index contributed by atoms with van der Waals surface area (Å²) in [7, 11) is 0. The van der Waals surface area contributed by atoms with Crippen molar-refractivity contribution < 1.29 is 14.3 Å². The number of anilines is 1. The number of hydrogen-bond donors (Lipinski definition) is 2. The second-order valence-corrected chi connectivity index (χ2v) is 6.86. The van der Waals surface area contributed by atoms with Crippen molar-refractivity contribution in [3.05, 3.63) is 53.8 Å². The van der Waals surface area contributed by atoms with Crippen LogP contribution in [-0.4, -0.2) is 35.1 Å². The Balaban J connectivity index is 1.81. The Morgan fingerprint density at radius 2 is 2.08 bits per heavy atom. The van der Waals surface area contributed by atoms with E-state index in [4.69, 9.17) is 0 Å². The van der Waals surface area contributed by atoms with Crippen LogP contribution in [0.25, 0.3) is 11.1 Å². The topological polar surface area (TPSA) is 52.6 Å². The Morgan fingerprint density at radius 3 is 2.80 bits per heavy atom. The Morgan fingerprint density at radius 1 is 1.28 bits per heavy atom. The SMILES string of the molecule is CC(=O)N1CC[C@@H]2[C@H]1c1cc(-c3cccc(F)c3)ccc1N[C@@H]2CO. The number of aliphatic hydroxyl groups is 1. The Labute approximate surface area is 146 Å². The highest BCUT2D eigenvalue weighted by molar-refractivity contribution is 5.76. The molecule has 5 heteroatoms. The zero-order valence-electron chi connectivity index (χ0n) is 14.1. The number of benzene rings is 2. The molecule has 2 heterocycles. The lowest BCUT2D eigenvalue weighted by Crippen LogP contribution is -2.42. The third-order valence-electron chi connectivity index (χ3n) is 5.43. The molecule has 0 aromatic heterocycles. The summed E-state index contributed by atoms with van der Waals surface area (Å²) in [5.74, 6) is -0.0323. The van der Waals surface area contributed by atoms with Gasteiger partial charge in [0.15, 0.2) is 0 Å². The molecule has 25 heavy (non-hydrogen) atoms. The lowest BCUT2D eigenvalue weighted by molar-refractivity contribution is -0.130. The van der Waals surface area contributed by atoms with Gasteiger partial charge in [-0.05, 0) is 47.4 Å². The Bertz CT molecular complexity index is 823. The van der Waals surface area contributed by atoms with Crippen molar-refractivity contribution in [3.8, 4) is 11.1 Å². The highest BCUT2D eigenvalue weighted by atomic mass is 19.1. The maximum absolute atomic E-state index is 13.6. The molecule has 1 saturated heterocycles. The van der Waals surface area contributed by atoms with Crippen molar-refractivity contribution in [1.29, 1.82) is 0 Å². The molecular formula is C20H21FN2O2. The van der Waals surface area contributed by atoms with Gasteiger partial charge >= 0.3 is 0 Å². The molecule has 1 amide bonds. The molecule has 3 atom stereocenters. The zero-order chi connectivity index (χ0) is 17.6. The summed E-state index contributed by atoms with van der Waals surface area (Å²) in [6.45, 7) is 2.33. The van der Waals surface area contributed by atoms with Crippen LogP contribution < -0.4 is 5.32 Å². The fourth-order valence-corrected chi connectivity index (χ4v) is 4.26. The summed E-state index contributed by atoms with van der Waals surface area (Å²) in [5.41, 5.74) is 3.73. The smallest absolute Gasteiger partial charge is 0.219 e. The molecule has 2 aromatic rings. The highest BCUT2D eigenvalue weighted by Gasteiger charge is 2.44. The molecule has 2 N–H and O–H groups in total. The van der Waals surface area contributed by atoms with Crippen LogP contribution in [0, 0.1) is 11.7 Å². The number of halogens is 1. The van der Waals surface area contributed by atoms with Crippen LogP contribution in [0.15, 0.2) is 42.5 Å². The minimum Gasteiger partial charge on any atom is -0.394 e. The minimum atomic E-state index is -0.266. The largest absolute Gasteiger partial charge is 0.394 e. The van der Waals surface area contributed by atoms with Crippen LogP contribution in [0.4, 0.5) is 10.1 Å². The van der Waals surface area contributed by atoms with Gasteiger partial charge in [-0.3, -0.25) is 4.79 Å². The van der Waals surface area contributed by atoms with E-state index in [0.29, 0.717) is 6.54 Å². The van der Waals surface area contributed by atoms with E-state index >= 15 is 0 Å². The van der Waals surface area contributed by atoms with Gasteiger partial charge in [-0.15, -0.1) is 0 Å². The van der Waals surface area contributed by atoms with Gasteiger partial charge in [0.1, 0.15) is 5.82 Å². The number of carbonyl (C=O) groups excluding carboxylic acids is 1. The van der Waals surface area contributed by atoms with Gasteiger partial charge in [0.05, 0.1) is 18.7 Å². The van der Waals surface area contributed by atoms with Crippen LogP contribution in [0.1, 0.15) is 24.9 Å². The van der Waals surface area contributed by atoms with Crippen LogP contribution in [0.5, 0.6) is 0 Å². The standard InChI is InChI=1S/C20H21FN2O2/c1-12(25)23-8-7-16-19(11-24)22-18-6-5-14(10-17(18)20(16)23)13-3-2-4-15(21)9-13/h2-6,9-10,16,19-20,22,24H,7-8,11H2,1H3/t16-,19+,20-/m0/s1. The molecule has 4 nitrogen and oxygen atoms in total. The van der Waals surface area contributed by atoms with Gasteiger partial charge in [-0.1, -0.05) is 18.2 Å². The number of likely N-dealkylation sites (tertiary alicyclic amines) is 1. The average Bonchev–Trinajstić information content (AvgIpc) is 3.06. The van der Waals surface area contributed by atoms with Gasteiger partial charge in [-0.25, -0.2) is 4.39 Å². The predicted octanol–water partition coefficient (Wildman–Crippen LogP) is 3.19. The summed E-state index contributed by atoms with van der Waals surface area (Å²) in [6.07, 6.45) is 0.867. The molecular weight excluding hydrogens is 319 g/mol. The van der Waals surface area contributed by atoms with Crippen molar-refractivity contribution in [2.45, 2.75) is 25.4 Å². The lowest BCUT2D eigenvalue weighted by atomic mass is 9.82. The molecule has 0 unspecified atom stereocenters. The quantitative estimate of drug-likeness (QED) is 0.883. The van der Waals surface area contributed by atoms with Crippen molar-refractivity contribution in [2.24, 2.45) is 5.92 Å². The summed E-state index contributed by atoms with van der Waals surface area (Å²) >= 11 is 0. The molecule has 0 bridgehead atoms. The maximum atomic E-state index is 13.6. The van der Waals surface area contributed by atoms with Gasteiger partial charge in [0.25, 0.3) is 0 Å². The molecule has 4 rings (SSSR count). The number of rotatable bonds is 2.